The summed E-state index contributed by atoms with van der Waals surface area (Å²) in [5, 5.41) is 0. The second kappa shape index (κ2) is 5.69. The van der Waals surface area contributed by atoms with Crippen molar-refractivity contribution in [2.75, 3.05) is 0 Å². The fraction of sp³-hybridized carbons (Fsp3) is 0. The first-order chi connectivity index (χ1) is 6.54. The first-order valence-corrected chi connectivity index (χ1v) is 3.35. The number of carbonyl (C=O) groups excluding carboxylic acids is 1. The number of nitrogens with zero attached hydrogens (tertiary/aromatic N) is 1. The van der Waals surface area contributed by atoms with Crippen molar-refractivity contribution in [3.63, 3.8) is 0 Å². The van der Waals surface area contributed by atoms with Crippen LogP contribution in [-0.4, -0.2) is 58.4 Å². The topological polar surface area (TPSA) is 114 Å². The third kappa shape index (κ3) is 3.50. The molecule has 0 amide bonds. The number of nitrogens with one attached hydrogen (secondary N) is 2. The van der Waals surface area contributed by atoms with Crippen LogP contribution in [-0.2, 0) is 4.79 Å². The van der Waals surface area contributed by atoms with E-state index in [0.717, 1.165) is 6.08 Å². The largest absolute Gasteiger partial charge is 2.00 e. The van der Waals surface area contributed by atoms with Crippen molar-refractivity contribution in [1.82, 2.24) is 14.7 Å². The standard InChI is InChI=1S/C6H5N3O5.Ca.2H/c1-2-3(10)14-9-5(12)7-4(11)8-6(9)13;;;/h2H,1H2,(H2,7,8,11,12,13);;;/q;+2;2*-1. The normalized spacial score (nSPS) is 8.80. The molecular formula is C6H7CaN3O5. The van der Waals surface area contributed by atoms with Crippen LogP contribution in [0.2, 0.25) is 0 Å². The van der Waals surface area contributed by atoms with E-state index in [-0.39, 0.29) is 45.3 Å². The summed E-state index contributed by atoms with van der Waals surface area (Å²) in [7, 11) is 0. The number of carbonyl (C=O) groups is 1. The van der Waals surface area contributed by atoms with Gasteiger partial charge < -0.3 is 7.69 Å². The van der Waals surface area contributed by atoms with E-state index >= 15 is 0 Å². The van der Waals surface area contributed by atoms with Gasteiger partial charge in [0.2, 0.25) is 0 Å². The summed E-state index contributed by atoms with van der Waals surface area (Å²) in [5.41, 5.74) is -3.27. The van der Waals surface area contributed by atoms with E-state index in [2.05, 4.69) is 11.4 Å². The molecule has 78 valence electrons. The van der Waals surface area contributed by atoms with Crippen molar-refractivity contribution in [2.45, 2.75) is 0 Å². The van der Waals surface area contributed by atoms with Crippen LogP contribution in [0.3, 0.4) is 0 Å². The van der Waals surface area contributed by atoms with Crippen LogP contribution < -0.4 is 21.9 Å². The first-order valence-electron chi connectivity index (χ1n) is 3.35. The van der Waals surface area contributed by atoms with Crippen molar-refractivity contribution in [1.29, 1.82) is 0 Å². The van der Waals surface area contributed by atoms with Crippen LogP contribution in [0.5, 0.6) is 0 Å². The number of aromatic amines is 2. The molecule has 0 bridgehead atoms. The van der Waals surface area contributed by atoms with E-state index < -0.39 is 23.0 Å². The van der Waals surface area contributed by atoms with Gasteiger partial charge in [-0.2, -0.15) is 0 Å². The zero-order valence-electron chi connectivity index (χ0n) is 9.48. The van der Waals surface area contributed by atoms with E-state index in [1.165, 1.54) is 0 Å². The third-order valence-corrected chi connectivity index (χ3v) is 1.16. The predicted octanol–water partition coefficient (Wildman–Crippen LogP) is -2.79. The van der Waals surface area contributed by atoms with E-state index in [9.17, 15) is 19.2 Å². The molecule has 0 unspecified atom stereocenters. The van der Waals surface area contributed by atoms with Crippen molar-refractivity contribution in [3.05, 3.63) is 44.1 Å². The Balaban J connectivity index is -0.000000653. The van der Waals surface area contributed by atoms with Gasteiger partial charge in [-0.3, -0.25) is 9.97 Å². The fourth-order valence-corrected chi connectivity index (χ4v) is 0.629. The summed E-state index contributed by atoms with van der Waals surface area (Å²) < 4.78 is 0.0748. The van der Waals surface area contributed by atoms with Crippen molar-refractivity contribution in [2.24, 2.45) is 0 Å². The Kier molecular flexibility index (Phi) is 5.26. The molecule has 9 heteroatoms. The number of hydrogen-bond acceptors (Lipinski definition) is 5. The average molecular weight is 241 g/mol. The van der Waals surface area contributed by atoms with Gasteiger partial charge in [0.15, 0.2) is 0 Å². The molecule has 0 aromatic carbocycles. The molecule has 0 aliphatic carbocycles. The van der Waals surface area contributed by atoms with Crippen LogP contribution in [0.1, 0.15) is 2.85 Å². The summed E-state index contributed by atoms with van der Waals surface area (Å²) in [6.45, 7) is 3.06. The summed E-state index contributed by atoms with van der Waals surface area (Å²) in [4.78, 5) is 50.5. The number of H-pyrrole nitrogens is 2. The van der Waals surface area contributed by atoms with E-state index in [4.69, 9.17) is 0 Å². The van der Waals surface area contributed by atoms with Crippen LogP contribution in [0.15, 0.2) is 27.0 Å². The van der Waals surface area contributed by atoms with Crippen LogP contribution >= 0.6 is 0 Å². The second-order valence-electron chi connectivity index (χ2n) is 2.10. The number of rotatable bonds is 2. The van der Waals surface area contributed by atoms with Gasteiger partial charge in [-0.1, -0.05) is 11.3 Å². The molecule has 0 radical (unpaired) electrons. The molecule has 0 fully saturated rings. The zero-order chi connectivity index (χ0) is 10.7. The van der Waals surface area contributed by atoms with Crippen molar-refractivity contribution < 1.29 is 12.5 Å². The molecule has 0 atom stereocenters. The monoisotopic (exact) mass is 241 g/mol. The second-order valence-corrected chi connectivity index (χ2v) is 2.10. The average Bonchev–Trinajstić information content (AvgIpc) is 2.10. The fourth-order valence-electron chi connectivity index (χ4n) is 0.629. The zero-order valence-corrected chi connectivity index (χ0v) is 9.69. The molecule has 2 N–H and O–H groups in total. The van der Waals surface area contributed by atoms with Gasteiger partial charge in [0.1, 0.15) is 0 Å². The van der Waals surface area contributed by atoms with E-state index in [0.29, 0.717) is 0 Å². The minimum Gasteiger partial charge on any atom is -1.00 e. The summed E-state index contributed by atoms with van der Waals surface area (Å²) in [6, 6.07) is 0. The minimum absolute atomic E-state index is 0. The first kappa shape index (κ1) is 13.9. The van der Waals surface area contributed by atoms with Crippen LogP contribution in [0.25, 0.3) is 0 Å². The van der Waals surface area contributed by atoms with Gasteiger partial charge in [-0.25, -0.2) is 19.2 Å². The summed E-state index contributed by atoms with van der Waals surface area (Å²) >= 11 is 0. The summed E-state index contributed by atoms with van der Waals surface area (Å²) in [6.07, 6.45) is 0.761. The Hall–Kier alpha value is -1.12. The van der Waals surface area contributed by atoms with Crippen molar-refractivity contribution in [3.8, 4) is 0 Å². The van der Waals surface area contributed by atoms with Gasteiger partial charge >= 0.3 is 60.8 Å². The molecule has 0 aliphatic rings. The van der Waals surface area contributed by atoms with Gasteiger partial charge in [0.25, 0.3) is 0 Å². The van der Waals surface area contributed by atoms with E-state index in [1.807, 2.05) is 0 Å². The molecule has 15 heavy (non-hydrogen) atoms. The van der Waals surface area contributed by atoms with Crippen LogP contribution in [0.4, 0.5) is 0 Å². The Morgan fingerprint density at radius 2 is 1.80 bits per heavy atom. The quantitative estimate of drug-likeness (QED) is 0.429. The Labute approximate surface area is 115 Å². The Morgan fingerprint density at radius 3 is 2.20 bits per heavy atom. The van der Waals surface area contributed by atoms with Gasteiger partial charge in [0.05, 0.1) is 0 Å². The molecule has 1 heterocycles. The third-order valence-electron chi connectivity index (χ3n) is 1.16. The maximum absolute atomic E-state index is 10.9. The molecule has 0 aliphatic heterocycles. The molecule has 1 aromatic rings. The maximum Gasteiger partial charge on any atom is 2.00 e. The molecule has 0 spiro atoms. The maximum atomic E-state index is 10.9. The van der Waals surface area contributed by atoms with Crippen molar-refractivity contribution >= 4 is 43.7 Å². The minimum atomic E-state index is -1.14. The molecular weight excluding hydrogens is 234 g/mol. The number of aromatic nitrogens is 3. The predicted molar refractivity (Wildman–Crippen MR) is 51.7 cm³/mol. The van der Waals surface area contributed by atoms with E-state index in [1.54, 1.807) is 9.97 Å². The molecule has 0 saturated heterocycles. The Morgan fingerprint density at radius 1 is 1.33 bits per heavy atom. The number of hydrogen-bond donors (Lipinski definition) is 2. The van der Waals surface area contributed by atoms with Gasteiger partial charge in [-0.15, -0.1) is 0 Å². The SMILES string of the molecule is C=CC(=O)On1c(=O)[nH]c(=O)[nH]c1=O.[Ca+2].[H-].[H-]. The smallest absolute Gasteiger partial charge is 1.00 e. The van der Waals surface area contributed by atoms with Gasteiger partial charge in [0, 0.05) is 6.08 Å². The van der Waals surface area contributed by atoms with Gasteiger partial charge in [-0.05, 0) is 0 Å². The molecule has 1 rings (SSSR count). The molecule has 8 nitrogen and oxygen atoms in total. The Bertz CT molecular complexity index is 513. The van der Waals surface area contributed by atoms with Crippen LogP contribution in [0, 0.1) is 0 Å². The summed E-state index contributed by atoms with van der Waals surface area (Å²) in [5.74, 6) is -0.996. The molecule has 1 aromatic heterocycles. The molecule has 0 saturated carbocycles.